The van der Waals surface area contributed by atoms with E-state index in [2.05, 4.69) is 6.58 Å². The summed E-state index contributed by atoms with van der Waals surface area (Å²) in [4.78, 5) is 37.7. The highest BCUT2D eigenvalue weighted by Crippen LogP contribution is 2.69. The summed E-state index contributed by atoms with van der Waals surface area (Å²) in [5.41, 5.74) is -2.36. The molecule has 4 aliphatic carbocycles. The Bertz CT molecular complexity index is 974. The summed E-state index contributed by atoms with van der Waals surface area (Å²) in [5, 5.41) is 11.1. The number of aliphatic hydroxyl groups excluding tert-OH is 1. The molecule has 0 amide bonds. The lowest BCUT2D eigenvalue weighted by Gasteiger charge is -2.60. The molecule has 4 aliphatic rings. The van der Waals surface area contributed by atoms with E-state index < -0.39 is 46.7 Å². The van der Waals surface area contributed by atoms with Crippen molar-refractivity contribution in [3.8, 4) is 0 Å². The summed E-state index contributed by atoms with van der Waals surface area (Å²) < 4.78 is 23.6. The fourth-order valence-corrected chi connectivity index (χ4v) is 7.69. The number of carbonyl (C=O) groups excluding carboxylic acids is 3. The van der Waals surface area contributed by atoms with Crippen molar-refractivity contribution in [1.82, 2.24) is 0 Å². The summed E-state index contributed by atoms with van der Waals surface area (Å²) in [6.07, 6.45) is 4.94. The average Bonchev–Trinajstić information content (AvgIpc) is 2.96. The van der Waals surface area contributed by atoms with Crippen LogP contribution in [0, 0.1) is 28.6 Å². The quantitative estimate of drug-likeness (QED) is 0.374. The molecular weight excluding hydrogens is 451 g/mol. The number of hydrogen-bond acceptors (Lipinski definition) is 6. The zero-order valence-corrected chi connectivity index (χ0v) is 19.9. The smallest absolute Gasteiger partial charge is 0.357 e. The van der Waals surface area contributed by atoms with Crippen molar-refractivity contribution in [1.29, 1.82) is 0 Å². The summed E-state index contributed by atoms with van der Waals surface area (Å²) in [6, 6.07) is 0. The van der Waals surface area contributed by atoms with Crippen LogP contribution in [-0.4, -0.2) is 46.8 Å². The topological polar surface area (TPSA) is 89.9 Å². The Morgan fingerprint density at radius 3 is 2.67 bits per heavy atom. The van der Waals surface area contributed by atoms with Crippen LogP contribution in [0.3, 0.4) is 0 Å². The number of fused-ring (bicyclic) bond motifs is 5. The molecule has 0 unspecified atom stereocenters. The number of aliphatic hydroxyl groups is 1. The molecule has 180 valence electrons. The average molecular weight is 481 g/mol. The van der Waals surface area contributed by atoms with E-state index in [1.807, 2.05) is 13.0 Å². The normalized spacial score (nSPS) is 43.8. The van der Waals surface area contributed by atoms with E-state index in [4.69, 9.17) is 21.1 Å². The second kappa shape index (κ2) is 8.05. The predicted octanol–water partition coefficient (Wildman–Crippen LogP) is 3.81. The van der Waals surface area contributed by atoms with Gasteiger partial charge in [-0.1, -0.05) is 39.0 Å². The minimum atomic E-state index is -1.91. The molecule has 0 saturated heterocycles. The van der Waals surface area contributed by atoms with E-state index in [0.29, 0.717) is 18.4 Å². The lowest BCUT2D eigenvalue weighted by Crippen LogP contribution is -2.64. The molecule has 8 heteroatoms. The van der Waals surface area contributed by atoms with Crippen LogP contribution >= 0.6 is 11.6 Å². The van der Waals surface area contributed by atoms with Crippen LogP contribution in [0.4, 0.5) is 4.39 Å². The fraction of sp³-hybridized carbons (Fsp3) is 0.640. The van der Waals surface area contributed by atoms with Crippen molar-refractivity contribution in [2.45, 2.75) is 63.5 Å². The maximum Gasteiger partial charge on any atom is 0.357 e. The summed E-state index contributed by atoms with van der Waals surface area (Å²) in [5.74, 6) is -2.61. The molecule has 0 radical (unpaired) electrons. The molecule has 3 fully saturated rings. The summed E-state index contributed by atoms with van der Waals surface area (Å²) >= 11 is 6.93. The lowest BCUT2D eigenvalue weighted by atomic mass is 9.46. The van der Waals surface area contributed by atoms with E-state index in [1.165, 1.54) is 6.08 Å². The number of halogens is 2. The number of allylic oxidation sites excluding steroid dienone is 4. The van der Waals surface area contributed by atoms with Gasteiger partial charge >= 0.3 is 11.9 Å². The van der Waals surface area contributed by atoms with E-state index in [-0.39, 0.29) is 36.4 Å². The summed E-state index contributed by atoms with van der Waals surface area (Å²) in [6.45, 7) is 8.08. The molecule has 0 aromatic carbocycles. The molecule has 0 spiro atoms. The number of ketones is 1. The Morgan fingerprint density at radius 2 is 2.03 bits per heavy atom. The Balaban J connectivity index is 1.84. The molecule has 0 bridgehead atoms. The van der Waals surface area contributed by atoms with Crippen LogP contribution < -0.4 is 0 Å². The van der Waals surface area contributed by atoms with Gasteiger partial charge in [-0.15, -0.1) is 11.6 Å². The van der Waals surface area contributed by atoms with Crippen LogP contribution in [0.25, 0.3) is 0 Å². The number of alkyl halides is 2. The highest BCUT2D eigenvalue weighted by atomic mass is 35.5. The van der Waals surface area contributed by atoms with Crippen molar-refractivity contribution in [2.24, 2.45) is 28.6 Å². The van der Waals surface area contributed by atoms with Crippen molar-refractivity contribution in [3.05, 3.63) is 36.0 Å². The van der Waals surface area contributed by atoms with Crippen molar-refractivity contribution < 1.29 is 33.4 Å². The van der Waals surface area contributed by atoms with Gasteiger partial charge in [-0.05, 0) is 48.8 Å². The van der Waals surface area contributed by atoms with Gasteiger partial charge in [-0.2, -0.15) is 0 Å². The first kappa shape index (κ1) is 24.1. The van der Waals surface area contributed by atoms with Crippen LogP contribution in [0.15, 0.2) is 36.0 Å². The third-order valence-electron chi connectivity index (χ3n) is 8.67. The highest BCUT2D eigenvalue weighted by molar-refractivity contribution is 6.21. The third-order valence-corrected chi connectivity index (χ3v) is 9.12. The Morgan fingerprint density at radius 1 is 1.33 bits per heavy atom. The van der Waals surface area contributed by atoms with Crippen molar-refractivity contribution in [3.63, 3.8) is 0 Å². The molecule has 33 heavy (non-hydrogen) atoms. The van der Waals surface area contributed by atoms with Crippen LogP contribution in [-0.2, 0) is 23.9 Å². The monoisotopic (exact) mass is 480 g/mol. The molecular formula is C25H30ClFO6. The van der Waals surface area contributed by atoms with Gasteiger partial charge in [0.2, 0.25) is 12.5 Å². The van der Waals surface area contributed by atoms with Crippen LogP contribution in [0.1, 0.15) is 46.5 Å². The number of ether oxygens (including phenoxy) is 2. The molecule has 0 aromatic heterocycles. The van der Waals surface area contributed by atoms with Gasteiger partial charge in [0.1, 0.15) is 0 Å². The van der Waals surface area contributed by atoms with Gasteiger partial charge in [-0.25, -0.2) is 9.18 Å². The maximum atomic E-state index is 13.2. The molecule has 0 aromatic rings. The number of hydrogen-bond donors (Lipinski definition) is 1. The minimum Gasteiger partial charge on any atom is -0.442 e. The fourth-order valence-electron chi connectivity index (χ4n) is 7.19. The van der Waals surface area contributed by atoms with E-state index in [9.17, 15) is 23.9 Å². The lowest BCUT2D eigenvalue weighted by molar-refractivity contribution is -0.209. The van der Waals surface area contributed by atoms with Crippen molar-refractivity contribution >= 4 is 29.3 Å². The number of esters is 2. The standard InChI is InChI=1S/C25H30ClFO6/c1-5-19(30)33-25(22(31)32-12-27)13(2)8-16-20-17(26)10-14-9-15(28)6-7-23(14,3)21(20)18(29)11-24(16,25)4/h6-7,9,16-18,20-21,29H,2,5,8,10-12H2,1,3-4H3/t16-,17+,18-,20+,21-,23-,24-,25+/m0/s1. The number of rotatable bonds is 4. The molecule has 4 rings (SSSR count). The van der Waals surface area contributed by atoms with Crippen LogP contribution in [0.5, 0.6) is 0 Å². The Kier molecular flexibility index (Phi) is 5.89. The SMILES string of the molecule is C=C1C[C@H]2[C@H]3[C@H]([C@@H](O)C[C@]2(C)[C@]1(OC(=O)CC)C(=O)OCF)[C@@]1(C)C=CC(=O)C=C1C[C@H]3Cl. The maximum absolute atomic E-state index is 13.2. The second-order valence-electron chi connectivity index (χ2n) is 10.2. The highest BCUT2D eigenvalue weighted by Gasteiger charge is 2.74. The van der Waals surface area contributed by atoms with Gasteiger partial charge < -0.3 is 14.6 Å². The third kappa shape index (κ3) is 3.18. The molecule has 8 atom stereocenters. The summed E-state index contributed by atoms with van der Waals surface area (Å²) in [7, 11) is 0. The Labute approximate surface area is 197 Å². The minimum absolute atomic E-state index is 0.0104. The molecule has 0 aliphatic heterocycles. The zero-order chi connectivity index (χ0) is 24.3. The molecule has 1 N–H and O–H groups in total. The van der Waals surface area contributed by atoms with E-state index >= 15 is 0 Å². The first-order chi connectivity index (χ1) is 15.5. The Hall–Kier alpha value is -1.99. The molecule has 0 heterocycles. The van der Waals surface area contributed by atoms with Crippen LogP contribution in [0.2, 0.25) is 0 Å². The first-order valence-electron chi connectivity index (χ1n) is 11.4. The van der Waals surface area contributed by atoms with E-state index in [0.717, 1.165) is 5.57 Å². The molecule has 6 nitrogen and oxygen atoms in total. The van der Waals surface area contributed by atoms with Gasteiger partial charge in [-0.3, -0.25) is 9.59 Å². The van der Waals surface area contributed by atoms with Gasteiger partial charge in [0, 0.05) is 28.5 Å². The molecule has 3 saturated carbocycles. The van der Waals surface area contributed by atoms with Gasteiger partial charge in [0.05, 0.1) is 6.10 Å². The van der Waals surface area contributed by atoms with E-state index in [1.54, 1.807) is 19.9 Å². The zero-order valence-electron chi connectivity index (χ0n) is 19.1. The van der Waals surface area contributed by atoms with Crippen molar-refractivity contribution in [2.75, 3.05) is 6.86 Å². The first-order valence-corrected chi connectivity index (χ1v) is 11.8. The second-order valence-corrected chi connectivity index (χ2v) is 10.7. The number of carbonyl (C=O) groups is 3. The van der Waals surface area contributed by atoms with Gasteiger partial charge in [0.25, 0.3) is 0 Å². The van der Waals surface area contributed by atoms with Gasteiger partial charge in [0.15, 0.2) is 5.78 Å². The largest absolute Gasteiger partial charge is 0.442 e. The predicted molar refractivity (Wildman–Crippen MR) is 119 cm³/mol.